The first-order valence-corrected chi connectivity index (χ1v) is 24.9. The summed E-state index contributed by atoms with van der Waals surface area (Å²) in [5, 5.41) is 22.6. The van der Waals surface area contributed by atoms with E-state index in [0.717, 1.165) is 22.1 Å². The molecular weight excluding hydrogens is 865 g/mol. The van der Waals surface area contributed by atoms with Crippen LogP contribution in [0.5, 0.6) is 0 Å². The maximum absolute atomic E-state index is 3.88. The third-order valence-electron chi connectivity index (χ3n) is 15.1. The summed E-state index contributed by atoms with van der Waals surface area (Å²) in [5.41, 5.74) is 12.0. The second kappa shape index (κ2) is 12.7. The number of aromatic nitrogens is 4. The molecule has 0 unspecified atom stereocenters. The van der Waals surface area contributed by atoms with Crippen LogP contribution in [0.2, 0.25) is 0 Å². The van der Waals surface area contributed by atoms with Gasteiger partial charge >= 0.3 is 0 Å². The zero-order valence-electron chi connectivity index (χ0n) is 36.1. The summed E-state index contributed by atoms with van der Waals surface area (Å²) in [7, 11) is 0. The maximum atomic E-state index is 3.88. The summed E-state index contributed by atoms with van der Waals surface area (Å²) in [6, 6.07) is 68.0. The average Bonchev–Trinajstić information content (AvgIpc) is 4.25. The van der Waals surface area contributed by atoms with E-state index < -0.39 is 0 Å². The van der Waals surface area contributed by atoms with Gasteiger partial charge in [0.05, 0.1) is 22.1 Å². The Labute approximate surface area is 393 Å². The monoisotopic (exact) mass is 898 g/mol. The van der Waals surface area contributed by atoms with Crippen LogP contribution in [-0.2, 0) is 0 Å². The average molecular weight is 899 g/mol. The lowest BCUT2D eigenvalue weighted by molar-refractivity contribution is 1.56. The largest absolute Gasteiger partial charge is 0.354 e. The third-order valence-corrected chi connectivity index (χ3v) is 17.4. The molecule has 6 heterocycles. The second-order valence-corrected chi connectivity index (χ2v) is 20.9. The van der Waals surface area contributed by atoms with E-state index in [-0.39, 0.29) is 0 Å². The van der Waals surface area contributed by atoms with Crippen molar-refractivity contribution in [2.24, 2.45) is 0 Å². The number of aromatic amines is 4. The highest BCUT2D eigenvalue weighted by atomic mass is 32.1. The van der Waals surface area contributed by atoms with E-state index in [9.17, 15) is 0 Å². The molecule has 0 radical (unpaired) electrons. The van der Waals surface area contributed by atoms with Crippen LogP contribution < -0.4 is 0 Å². The van der Waals surface area contributed by atoms with Gasteiger partial charge in [-0.1, -0.05) is 121 Å². The second-order valence-electron chi connectivity index (χ2n) is 18.7. The summed E-state index contributed by atoms with van der Waals surface area (Å²) in [5.74, 6) is 0. The van der Waals surface area contributed by atoms with Gasteiger partial charge < -0.3 is 19.9 Å². The lowest BCUT2D eigenvalue weighted by atomic mass is 9.98. The summed E-state index contributed by atoms with van der Waals surface area (Å²) in [6.45, 7) is 0. The van der Waals surface area contributed by atoms with Gasteiger partial charge in [0, 0.05) is 117 Å². The van der Waals surface area contributed by atoms with Crippen LogP contribution in [0.3, 0.4) is 0 Å². The smallest absolute Gasteiger partial charge is 0.0545 e. The molecule has 0 fully saturated rings. The Morgan fingerprint density at radius 1 is 0.235 bits per heavy atom. The van der Waals surface area contributed by atoms with E-state index in [1.165, 1.54) is 149 Å². The highest BCUT2D eigenvalue weighted by molar-refractivity contribution is 7.24. The van der Waals surface area contributed by atoms with Crippen molar-refractivity contribution in [2.75, 3.05) is 0 Å². The molecule has 68 heavy (non-hydrogen) atoms. The van der Waals surface area contributed by atoms with Crippen molar-refractivity contribution in [1.29, 1.82) is 0 Å². The molecule has 0 aliphatic carbocycles. The van der Waals surface area contributed by atoms with Gasteiger partial charge in [0.25, 0.3) is 0 Å². The van der Waals surface area contributed by atoms with E-state index in [1.54, 1.807) is 0 Å². The van der Waals surface area contributed by atoms with Crippen LogP contribution in [0, 0.1) is 0 Å². The molecule has 6 heteroatoms. The molecule has 0 bridgehead atoms. The molecule has 17 aromatic rings. The Morgan fingerprint density at radius 2 is 0.574 bits per heavy atom. The number of hydrogen-bond acceptors (Lipinski definition) is 2. The molecule has 0 aliphatic heterocycles. The van der Waals surface area contributed by atoms with E-state index >= 15 is 0 Å². The normalized spacial score (nSPS) is 12.7. The number of benzene rings is 11. The molecule has 0 amide bonds. The Hall–Kier alpha value is -8.42. The zero-order chi connectivity index (χ0) is 43.9. The van der Waals surface area contributed by atoms with Crippen molar-refractivity contribution >= 4 is 173 Å². The van der Waals surface area contributed by atoms with Crippen LogP contribution in [0.1, 0.15) is 0 Å². The van der Waals surface area contributed by atoms with Crippen LogP contribution in [-0.4, -0.2) is 19.9 Å². The van der Waals surface area contributed by atoms with Gasteiger partial charge in [-0.3, -0.25) is 0 Å². The number of H-pyrrole nitrogens is 4. The molecule has 0 atom stereocenters. The van der Waals surface area contributed by atoms with Crippen LogP contribution in [0.15, 0.2) is 182 Å². The fourth-order valence-corrected chi connectivity index (χ4v) is 14.2. The molecule has 0 saturated heterocycles. The molecule has 0 aliphatic rings. The molecule has 0 spiro atoms. The van der Waals surface area contributed by atoms with Crippen molar-refractivity contribution in [3.05, 3.63) is 182 Å². The fraction of sp³-hybridized carbons (Fsp3) is 0. The summed E-state index contributed by atoms with van der Waals surface area (Å²) < 4.78 is 2.61. The van der Waals surface area contributed by atoms with Crippen molar-refractivity contribution in [3.63, 3.8) is 0 Å². The highest BCUT2D eigenvalue weighted by Gasteiger charge is 2.20. The Balaban J connectivity index is 0.810. The van der Waals surface area contributed by atoms with E-state index in [0.29, 0.717) is 0 Å². The van der Waals surface area contributed by atoms with E-state index in [1.807, 2.05) is 22.7 Å². The number of rotatable bonds is 2. The molecule has 6 aromatic heterocycles. The van der Waals surface area contributed by atoms with Crippen molar-refractivity contribution in [3.8, 4) is 20.9 Å². The maximum Gasteiger partial charge on any atom is 0.0545 e. The fourth-order valence-electron chi connectivity index (χ4n) is 12.0. The van der Waals surface area contributed by atoms with Gasteiger partial charge in [0.2, 0.25) is 0 Å². The number of nitrogens with one attached hydrogen (secondary N) is 4. The molecule has 4 N–H and O–H groups in total. The van der Waals surface area contributed by atoms with Crippen molar-refractivity contribution in [2.45, 2.75) is 0 Å². The summed E-state index contributed by atoms with van der Waals surface area (Å²) in [6.07, 6.45) is 0. The van der Waals surface area contributed by atoms with E-state index in [4.69, 9.17) is 0 Å². The first-order valence-electron chi connectivity index (χ1n) is 23.2. The Bertz CT molecular complexity index is 4740. The van der Waals surface area contributed by atoms with Crippen molar-refractivity contribution < 1.29 is 0 Å². The molecular formula is C62H34N4S2. The predicted octanol–water partition coefficient (Wildman–Crippen LogP) is 18.6. The lowest BCUT2D eigenvalue weighted by Crippen LogP contribution is -1.81. The molecule has 17 rings (SSSR count). The SMILES string of the molecule is c1ccc2c(c1)ccc1c3cc4[nH]c5c6ccccc6c(-c6cc7cc8sc(-c9cc%10c%11cc%12[nH]c%13c%14ccccc%14ccc%13c%12cc%11[nH]c%10c%10ccccc9%10)cc8cc7s6)cc5c4cc3[nH]c21. The minimum absolute atomic E-state index is 1.16. The van der Waals surface area contributed by atoms with Gasteiger partial charge in [-0.05, 0) is 93.0 Å². The van der Waals surface area contributed by atoms with Crippen molar-refractivity contribution in [1.82, 2.24) is 19.9 Å². The topological polar surface area (TPSA) is 63.2 Å². The minimum atomic E-state index is 1.16. The predicted molar refractivity (Wildman–Crippen MR) is 296 cm³/mol. The molecule has 11 aromatic carbocycles. The summed E-state index contributed by atoms with van der Waals surface area (Å²) in [4.78, 5) is 18.0. The van der Waals surface area contributed by atoms with Crippen LogP contribution in [0.4, 0.5) is 0 Å². The Morgan fingerprint density at radius 3 is 1.00 bits per heavy atom. The van der Waals surface area contributed by atoms with Crippen LogP contribution in [0.25, 0.3) is 171 Å². The molecule has 4 nitrogen and oxygen atoms in total. The standard InChI is InChI=1S/C62H34N4S2/c1-3-11-35-31(9-1)17-19-41-43-27-53-45(29-51(43)63-59(35)41)49-25-47(37-13-5-7-15-39(37)61(49)65-53)57-23-33-21-56-34(22-55(33)67-57)24-58(68-56)48-26-50-46-30-52-44(28-54(46)66-62(50)40-16-8-6-14-38(40)48)42-20-18-32-10-2-4-12-36(32)60(42)64-52/h1-30,63-66H. The lowest BCUT2D eigenvalue weighted by Gasteiger charge is -2.07. The summed E-state index contributed by atoms with van der Waals surface area (Å²) >= 11 is 3.80. The van der Waals surface area contributed by atoms with E-state index in [2.05, 4.69) is 202 Å². The number of fused-ring (bicyclic) bond motifs is 22. The first kappa shape index (κ1) is 35.8. The Kier molecular flexibility index (Phi) is 6.69. The molecule has 314 valence electrons. The van der Waals surface area contributed by atoms with Gasteiger partial charge in [-0.25, -0.2) is 0 Å². The zero-order valence-corrected chi connectivity index (χ0v) is 37.8. The number of hydrogen-bond donors (Lipinski definition) is 4. The van der Waals surface area contributed by atoms with Gasteiger partial charge in [-0.2, -0.15) is 0 Å². The quantitative estimate of drug-likeness (QED) is 0.134. The van der Waals surface area contributed by atoms with Gasteiger partial charge in [0.1, 0.15) is 0 Å². The third kappa shape index (κ3) is 4.72. The van der Waals surface area contributed by atoms with Gasteiger partial charge in [0.15, 0.2) is 0 Å². The number of thiophene rings is 2. The minimum Gasteiger partial charge on any atom is -0.354 e. The first-order chi connectivity index (χ1) is 33.6. The van der Waals surface area contributed by atoms with Crippen LogP contribution >= 0.6 is 22.7 Å². The van der Waals surface area contributed by atoms with Gasteiger partial charge in [-0.15, -0.1) is 22.7 Å². The highest BCUT2D eigenvalue weighted by Crippen LogP contribution is 2.47. The molecule has 0 saturated carbocycles.